The molecular weight excluding hydrogens is 402 g/mol. The van der Waals surface area contributed by atoms with Crippen LogP contribution in [0.2, 0.25) is 0 Å². The SMILES string of the molecule is Cc1ccc(-c2noc(CN3CCCC(C(=O)NCCCN4CCCC(C)C4)C3)n2)cc1. The van der Waals surface area contributed by atoms with Crippen LogP contribution in [0.5, 0.6) is 0 Å². The minimum atomic E-state index is 0.0400. The Bertz CT molecular complexity index is 865. The molecule has 2 atom stereocenters. The van der Waals surface area contributed by atoms with Crippen LogP contribution in [0.4, 0.5) is 0 Å². The third-order valence-corrected chi connectivity index (χ3v) is 6.70. The van der Waals surface area contributed by atoms with E-state index >= 15 is 0 Å². The lowest BCUT2D eigenvalue weighted by molar-refractivity contribution is -0.126. The normalized spacial score (nSPS) is 22.7. The van der Waals surface area contributed by atoms with Crippen LogP contribution >= 0.6 is 0 Å². The molecule has 1 aromatic heterocycles. The van der Waals surface area contributed by atoms with Crippen molar-refractivity contribution in [1.82, 2.24) is 25.3 Å². The molecule has 2 aliphatic heterocycles. The van der Waals surface area contributed by atoms with E-state index in [0.29, 0.717) is 18.3 Å². The number of amides is 1. The number of carbonyl (C=O) groups is 1. The van der Waals surface area contributed by atoms with Gasteiger partial charge in [-0.05, 0) is 64.6 Å². The molecule has 0 radical (unpaired) electrons. The Kier molecular flexibility index (Phi) is 7.92. The zero-order valence-electron chi connectivity index (χ0n) is 19.6. The van der Waals surface area contributed by atoms with E-state index in [2.05, 4.69) is 39.1 Å². The molecule has 2 unspecified atom stereocenters. The number of benzene rings is 1. The second kappa shape index (κ2) is 11.1. The third kappa shape index (κ3) is 6.39. The first kappa shape index (κ1) is 22.9. The largest absolute Gasteiger partial charge is 0.356 e. The molecule has 0 aliphatic carbocycles. The van der Waals surface area contributed by atoms with E-state index in [0.717, 1.165) is 56.9 Å². The summed E-state index contributed by atoms with van der Waals surface area (Å²) in [5, 5.41) is 7.31. The molecular formula is C25H37N5O2. The molecule has 0 spiro atoms. The van der Waals surface area contributed by atoms with E-state index < -0.39 is 0 Å². The van der Waals surface area contributed by atoms with Gasteiger partial charge in [-0.2, -0.15) is 4.98 Å². The van der Waals surface area contributed by atoms with Gasteiger partial charge >= 0.3 is 0 Å². The highest BCUT2D eigenvalue weighted by Gasteiger charge is 2.27. The predicted molar refractivity (Wildman–Crippen MR) is 125 cm³/mol. The number of hydrogen-bond donors (Lipinski definition) is 1. The monoisotopic (exact) mass is 439 g/mol. The van der Waals surface area contributed by atoms with Crippen molar-refractivity contribution in [2.75, 3.05) is 39.3 Å². The number of likely N-dealkylation sites (tertiary alicyclic amines) is 2. The van der Waals surface area contributed by atoms with Crippen molar-refractivity contribution < 1.29 is 9.32 Å². The van der Waals surface area contributed by atoms with Gasteiger partial charge in [0.15, 0.2) is 0 Å². The van der Waals surface area contributed by atoms with Gasteiger partial charge in [0.2, 0.25) is 17.6 Å². The number of hydrogen-bond acceptors (Lipinski definition) is 6. The van der Waals surface area contributed by atoms with Gasteiger partial charge in [-0.3, -0.25) is 9.69 Å². The minimum absolute atomic E-state index is 0.0400. The molecule has 3 heterocycles. The van der Waals surface area contributed by atoms with E-state index in [9.17, 15) is 4.79 Å². The number of carbonyl (C=O) groups excluding carboxylic acids is 1. The van der Waals surface area contributed by atoms with Crippen molar-refractivity contribution >= 4 is 5.91 Å². The molecule has 1 amide bonds. The first-order valence-electron chi connectivity index (χ1n) is 12.2. The van der Waals surface area contributed by atoms with Gasteiger partial charge in [-0.15, -0.1) is 0 Å². The molecule has 0 saturated carbocycles. The maximum Gasteiger partial charge on any atom is 0.241 e. The van der Waals surface area contributed by atoms with Crippen LogP contribution in [-0.2, 0) is 11.3 Å². The number of nitrogens with zero attached hydrogens (tertiary/aromatic N) is 4. The second-order valence-electron chi connectivity index (χ2n) is 9.64. The van der Waals surface area contributed by atoms with Crippen LogP contribution in [0.3, 0.4) is 0 Å². The Morgan fingerprint density at radius 2 is 1.91 bits per heavy atom. The van der Waals surface area contributed by atoms with Gasteiger partial charge in [-0.1, -0.05) is 41.9 Å². The molecule has 2 aromatic rings. The van der Waals surface area contributed by atoms with Crippen molar-refractivity contribution in [3.05, 3.63) is 35.7 Å². The van der Waals surface area contributed by atoms with Crippen LogP contribution in [-0.4, -0.2) is 65.1 Å². The highest BCUT2D eigenvalue weighted by molar-refractivity contribution is 5.78. The van der Waals surface area contributed by atoms with Gasteiger partial charge < -0.3 is 14.7 Å². The summed E-state index contributed by atoms with van der Waals surface area (Å²) in [5.74, 6) is 2.26. The van der Waals surface area contributed by atoms with Crippen molar-refractivity contribution in [2.45, 2.75) is 52.5 Å². The van der Waals surface area contributed by atoms with Crippen LogP contribution in [0.1, 0.15) is 50.5 Å². The number of nitrogens with one attached hydrogen (secondary N) is 1. The Morgan fingerprint density at radius 3 is 2.72 bits per heavy atom. The van der Waals surface area contributed by atoms with Crippen molar-refractivity contribution in [2.24, 2.45) is 11.8 Å². The van der Waals surface area contributed by atoms with Gasteiger partial charge in [0.25, 0.3) is 0 Å². The fourth-order valence-electron chi connectivity index (χ4n) is 4.89. The average molecular weight is 440 g/mol. The smallest absolute Gasteiger partial charge is 0.241 e. The van der Waals surface area contributed by atoms with Gasteiger partial charge in [0.05, 0.1) is 12.5 Å². The van der Waals surface area contributed by atoms with E-state index in [1.807, 2.05) is 24.3 Å². The third-order valence-electron chi connectivity index (χ3n) is 6.70. The molecule has 2 saturated heterocycles. The van der Waals surface area contributed by atoms with Gasteiger partial charge in [0.1, 0.15) is 0 Å². The van der Waals surface area contributed by atoms with Crippen molar-refractivity contribution in [3.8, 4) is 11.4 Å². The summed E-state index contributed by atoms with van der Waals surface area (Å²) in [6.45, 7) is 11.0. The Morgan fingerprint density at radius 1 is 1.12 bits per heavy atom. The Hall–Kier alpha value is -2.25. The summed E-state index contributed by atoms with van der Waals surface area (Å²) in [6.07, 6.45) is 5.64. The van der Waals surface area contributed by atoms with E-state index in [1.54, 1.807) is 0 Å². The molecule has 7 nitrogen and oxygen atoms in total. The van der Waals surface area contributed by atoms with Crippen LogP contribution < -0.4 is 5.32 Å². The van der Waals surface area contributed by atoms with Crippen LogP contribution in [0, 0.1) is 18.8 Å². The molecule has 174 valence electrons. The quantitative estimate of drug-likeness (QED) is 0.635. The summed E-state index contributed by atoms with van der Waals surface area (Å²) in [7, 11) is 0. The maximum atomic E-state index is 12.7. The number of piperidine rings is 2. The summed E-state index contributed by atoms with van der Waals surface area (Å²) >= 11 is 0. The van der Waals surface area contributed by atoms with Gasteiger partial charge in [0, 0.05) is 25.2 Å². The van der Waals surface area contributed by atoms with E-state index in [1.165, 1.54) is 31.5 Å². The van der Waals surface area contributed by atoms with E-state index in [-0.39, 0.29) is 11.8 Å². The predicted octanol–water partition coefficient (Wildman–Crippen LogP) is 3.50. The Labute approximate surface area is 191 Å². The molecule has 0 bridgehead atoms. The molecule has 2 fully saturated rings. The van der Waals surface area contributed by atoms with Crippen LogP contribution in [0.25, 0.3) is 11.4 Å². The Balaban J connectivity index is 1.20. The lowest BCUT2D eigenvalue weighted by Gasteiger charge is -2.31. The summed E-state index contributed by atoms with van der Waals surface area (Å²) in [5.41, 5.74) is 2.16. The van der Waals surface area contributed by atoms with Crippen molar-refractivity contribution in [3.63, 3.8) is 0 Å². The molecule has 7 heteroatoms. The highest BCUT2D eigenvalue weighted by Crippen LogP contribution is 2.21. The van der Waals surface area contributed by atoms with Gasteiger partial charge in [-0.25, -0.2) is 0 Å². The number of aromatic nitrogens is 2. The lowest BCUT2D eigenvalue weighted by atomic mass is 9.97. The summed E-state index contributed by atoms with van der Waals surface area (Å²) in [6, 6.07) is 8.12. The second-order valence-corrected chi connectivity index (χ2v) is 9.64. The fraction of sp³-hybridized carbons (Fsp3) is 0.640. The van der Waals surface area contributed by atoms with Crippen LogP contribution in [0.15, 0.2) is 28.8 Å². The zero-order chi connectivity index (χ0) is 22.3. The number of aryl methyl sites for hydroxylation is 1. The zero-order valence-corrected chi connectivity index (χ0v) is 19.6. The highest BCUT2D eigenvalue weighted by atomic mass is 16.5. The van der Waals surface area contributed by atoms with Crippen molar-refractivity contribution in [1.29, 1.82) is 0 Å². The summed E-state index contributed by atoms with van der Waals surface area (Å²) in [4.78, 5) is 22.1. The fourth-order valence-corrected chi connectivity index (χ4v) is 4.89. The summed E-state index contributed by atoms with van der Waals surface area (Å²) < 4.78 is 5.48. The molecule has 1 N–H and O–H groups in total. The maximum absolute atomic E-state index is 12.7. The molecule has 4 rings (SSSR count). The number of rotatable bonds is 8. The first-order valence-corrected chi connectivity index (χ1v) is 12.2. The topological polar surface area (TPSA) is 74.5 Å². The first-order chi connectivity index (χ1) is 15.6. The van der Waals surface area contributed by atoms with E-state index in [4.69, 9.17) is 4.52 Å². The molecule has 2 aliphatic rings. The minimum Gasteiger partial charge on any atom is -0.356 e. The molecule has 32 heavy (non-hydrogen) atoms. The average Bonchev–Trinajstić information content (AvgIpc) is 3.26. The lowest BCUT2D eigenvalue weighted by Crippen LogP contribution is -2.43. The standard InChI is InChI=1S/C25H37N5O2/c1-19-8-10-21(11-9-19)24-27-23(32-28-24)18-30-14-4-7-22(17-30)25(31)26-12-5-15-29-13-3-6-20(2)16-29/h8-11,20,22H,3-7,12-18H2,1-2H3,(H,26,31). The molecule has 1 aromatic carbocycles.